The van der Waals surface area contributed by atoms with Gasteiger partial charge < -0.3 is 10.4 Å². The molecule has 2 heterocycles. The highest BCUT2D eigenvalue weighted by molar-refractivity contribution is 5.08. The average Bonchev–Trinajstić information content (AvgIpc) is 2.55. The van der Waals surface area contributed by atoms with Crippen molar-refractivity contribution in [2.24, 2.45) is 0 Å². The molecule has 4 nitrogen and oxygen atoms in total. The molecule has 2 atom stereocenters. The van der Waals surface area contributed by atoms with Gasteiger partial charge in [-0.25, -0.2) is 0 Å². The van der Waals surface area contributed by atoms with E-state index in [0.29, 0.717) is 0 Å². The van der Waals surface area contributed by atoms with Gasteiger partial charge in [-0.05, 0) is 19.0 Å². The predicted octanol–water partition coefficient (Wildman–Crippen LogP) is -0.195. The highest BCUT2D eigenvalue weighted by Gasteiger charge is 2.26. The molecule has 2 rings (SSSR count). The van der Waals surface area contributed by atoms with E-state index in [1.165, 1.54) is 0 Å². The fourth-order valence-corrected chi connectivity index (χ4v) is 1.45. The van der Waals surface area contributed by atoms with E-state index >= 15 is 0 Å². The molecule has 1 aliphatic heterocycles. The van der Waals surface area contributed by atoms with Crippen LogP contribution in [0.15, 0.2) is 12.3 Å². The summed E-state index contributed by atoms with van der Waals surface area (Å²) in [5, 5.41) is 19.3. The molecule has 0 aliphatic carbocycles. The first-order chi connectivity index (χ1) is 5.38. The number of H-pyrrole nitrogens is 1. The Bertz CT molecular complexity index is 222. The van der Waals surface area contributed by atoms with Gasteiger partial charge >= 0.3 is 0 Å². The maximum Gasteiger partial charge on any atom is 0.0762 e. The summed E-state index contributed by atoms with van der Waals surface area (Å²) in [4.78, 5) is 0. The predicted molar refractivity (Wildman–Crippen MR) is 40.0 cm³/mol. The second kappa shape index (κ2) is 2.64. The van der Waals surface area contributed by atoms with Crippen LogP contribution < -0.4 is 5.32 Å². The molecule has 1 fully saturated rings. The molecule has 4 heteroatoms. The standard InChI is InChI=1S/C7H11N3O/c11-6-2-3-8-7(6)5-1-4-9-10-5/h1,4,6-8,11H,2-3H2,(H,9,10). The molecular formula is C7H11N3O. The van der Waals surface area contributed by atoms with E-state index in [-0.39, 0.29) is 12.1 Å². The third kappa shape index (κ3) is 1.15. The summed E-state index contributed by atoms with van der Waals surface area (Å²) >= 11 is 0. The van der Waals surface area contributed by atoms with E-state index in [9.17, 15) is 5.11 Å². The van der Waals surface area contributed by atoms with Crippen LogP contribution in [0, 0.1) is 0 Å². The summed E-state index contributed by atoms with van der Waals surface area (Å²) < 4.78 is 0. The van der Waals surface area contributed by atoms with Crippen LogP contribution in [-0.2, 0) is 0 Å². The molecular weight excluding hydrogens is 142 g/mol. The fraction of sp³-hybridized carbons (Fsp3) is 0.571. The third-order valence-corrected chi connectivity index (χ3v) is 2.05. The topological polar surface area (TPSA) is 60.9 Å². The molecule has 1 aromatic heterocycles. The van der Waals surface area contributed by atoms with Gasteiger partial charge in [0.2, 0.25) is 0 Å². The number of nitrogens with one attached hydrogen (secondary N) is 2. The fourth-order valence-electron chi connectivity index (χ4n) is 1.45. The Hall–Kier alpha value is -0.870. The maximum atomic E-state index is 9.45. The van der Waals surface area contributed by atoms with Crippen LogP contribution >= 0.6 is 0 Å². The van der Waals surface area contributed by atoms with Crippen molar-refractivity contribution in [1.82, 2.24) is 15.5 Å². The van der Waals surface area contributed by atoms with Gasteiger partial charge in [0.05, 0.1) is 17.8 Å². The first-order valence-corrected chi connectivity index (χ1v) is 3.78. The molecule has 1 aliphatic rings. The zero-order valence-corrected chi connectivity index (χ0v) is 6.12. The number of aliphatic hydroxyl groups excluding tert-OH is 1. The molecule has 1 saturated heterocycles. The first-order valence-electron chi connectivity index (χ1n) is 3.78. The molecule has 0 spiro atoms. The summed E-state index contributed by atoms with van der Waals surface area (Å²) in [5.74, 6) is 0. The number of aliphatic hydroxyl groups is 1. The highest BCUT2D eigenvalue weighted by Crippen LogP contribution is 2.20. The molecule has 0 radical (unpaired) electrons. The van der Waals surface area contributed by atoms with Crippen LogP contribution in [0.5, 0.6) is 0 Å². The minimum absolute atomic E-state index is 0.0532. The number of nitrogens with zero attached hydrogens (tertiary/aromatic N) is 1. The van der Waals surface area contributed by atoms with E-state index in [1.807, 2.05) is 6.07 Å². The zero-order valence-electron chi connectivity index (χ0n) is 6.12. The van der Waals surface area contributed by atoms with Crippen molar-refractivity contribution >= 4 is 0 Å². The molecule has 3 N–H and O–H groups in total. The van der Waals surface area contributed by atoms with Gasteiger partial charge in [-0.1, -0.05) is 0 Å². The summed E-state index contributed by atoms with van der Waals surface area (Å²) in [6.07, 6.45) is 2.25. The van der Waals surface area contributed by atoms with Crippen LogP contribution in [0.2, 0.25) is 0 Å². The van der Waals surface area contributed by atoms with Crippen molar-refractivity contribution in [2.75, 3.05) is 6.54 Å². The minimum atomic E-state index is -0.268. The number of hydrogen-bond donors (Lipinski definition) is 3. The lowest BCUT2D eigenvalue weighted by Crippen LogP contribution is -2.21. The van der Waals surface area contributed by atoms with Crippen LogP contribution in [0.25, 0.3) is 0 Å². The normalized spacial score (nSPS) is 31.0. The summed E-state index contributed by atoms with van der Waals surface area (Å²) in [5.41, 5.74) is 0.968. The van der Waals surface area contributed by atoms with Crippen LogP contribution in [0.1, 0.15) is 18.2 Å². The monoisotopic (exact) mass is 153 g/mol. The Labute approximate surface area is 64.6 Å². The lowest BCUT2D eigenvalue weighted by atomic mass is 10.1. The van der Waals surface area contributed by atoms with E-state index in [2.05, 4.69) is 15.5 Å². The van der Waals surface area contributed by atoms with Crippen LogP contribution in [0.3, 0.4) is 0 Å². The number of hydrogen-bond acceptors (Lipinski definition) is 3. The van der Waals surface area contributed by atoms with Gasteiger partial charge in [-0.2, -0.15) is 5.10 Å². The Morgan fingerprint density at radius 1 is 1.64 bits per heavy atom. The smallest absolute Gasteiger partial charge is 0.0762 e. The van der Waals surface area contributed by atoms with Crippen molar-refractivity contribution in [1.29, 1.82) is 0 Å². The molecule has 0 saturated carbocycles. The third-order valence-electron chi connectivity index (χ3n) is 2.05. The lowest BCUT2D eigenvalue weighted by molar-refractivity contribution is 0.158. The molecule has 11 heavy (non-hydrogen) atoms. The number of aromatic nitrogens is 2. The number of aromatic amines is 1. The molecule has 0 amide bonds. The second-order valence-corrected chi connectivity index (χ2v) is 2.80. The molecule has 0 aromatic carbocycles. The molecule has 0 bridgehead atoms. The van der Waals surface area contributed by atoms with Crippen LogP contribution in [-0.4, -0.2) is 28.0 Å². The SMILES string of the molecule is OC1CCNC1c1ccn[nH]1. The van der Waals surface area contributed by atoms with Gasteiger partial charge in [0, 0.05) is 6.20 Å². The van der Waals surface area contributed by atoms with E-state index < -0.39 is 0 Å². The van der Waals surface area contributed by atoms with Gasteiger partial charge in [-0.3, -0.25) is 5.10 Å². The zero-order chi connectivity index (χ0) is 7.68. The first kappa shape index (κ1) is 6.82. The molecule has 1 aromatic rings. The Kier molecular flexibility index (Phi) is 1.63. The van der Waals surface area contributed by atoms with Crippen molar-refractivity contribution in [3.8, 4) is 0 Å². The molecule has 2 unspecified atom stereocenters. The maximum absolute atomic E-state index is 9.45. The minimum Gasteiger partial charge on any atom is -0.391 e. The quantitative estimate of drug-likeness (QED) is 0.524. The van der Waals surface area contributed by atoms with Crippen molar-refractivity contribution in [3.63, 3.8) is 0 Å². The Morgan fingerprint density at radius 3 is 3.09 bits per heavy atom. The van der Waals surface area contributed by atoms with Gasteiger partial charge in [0.1, 0.15) is 0 Å². The summed E-state index contributed by atoms with van der Waals surface area (Å²) in [6, 6.07) is 1.93. The van der Waals surface area contributed by atoms with Crippen molar-refractivity contribution in [2.45, 2.75) is 18.6 Å². The largest absolute Gasteiger partial charge is 0.391 e. The van der Waals surface area contributed by atoms with E-state index in [0.717, 1.165) is 18.7 Å². The lowest BCUT2D eigenvalue weighted by Gasteiger charge is -2.11. The van der Waals surface area contributed by atoms with E-state index in [1.54, 1.807) is 6.20 Å². The average molecular weight is 153 g/mol. The highest BCUT2D eigenvalue weighted by atomic mass is 16.3. The van der Waals surface area contributed by atoms with Gasteiger partial charge in [0.15, 0.2) is 0 Å². The van der Waals surface area contributed by atoms with Crippen molar-refractivity contribution < 1.29 is 5.11 Å². The van der Waals surface area contributed by atoms with E-state index in [4.69, 9.17) is 0 Å². The molecule has 60 valence electrons. The Morgan fingerprint density at radius 2 is 2.55 bits per heavy atom. The van der Waals surface area contributed by atoms with Gasteiger partial charge in [-0.15, -0.1) is 0 Å². The van der Waals surface area contributed by atoms with Crippen LogP contribution in [0.4, 0.5) is 0 Å². The summed E-state index contributed by atoms with van der Waals surface area (Å²) in [7, 11) is 0. The second-order valence-electron chi connectivity index (χ2n) is 2.80. The van der Waals surface area contributed by atoms with Crippen molar-refractivity contribution in [3.05, 3.63) is 18.0 Å². The summed E-state index contributed by atoms with van der Waals surface area (Å²) in [6.45, 7) is 0.880. The van der Waals surface area contributed by atoms with Gasteiger partial charge in [0.25, 0.3) is 0 Å². The number of rotatable bonds is 1. The Balaban J connectivity index is 2.16.